The van der Waals surface area contributed by atoms with Gasteiger partial charge in [-0.1, -0.05) is 0 Å². The second kappa shape index (κ2) is 4.27. The van der Waals surface area contributed by atoms with Gasteiger partial charge >= 0.3 is 6.18 Å². The standard InChI is InChI=1S/C12H6F3N3S/c13-12(14,15)9-4-8-6-17-10(18-11(8)19-9)7-2-1-3-16-5-7/h1-6H. The summed E-state index contributed by atoms with van der Waals surface area (Å²) in [5.74, 6) is 0.371. The maximum atomic E-state index is 12.6. The number of aromatic nitrogens is 3. The Labute approximate surface area is 109 Å². The van der Waals surface area contributed by atoms with E-state index in [4.69, 9.17) is 0 Å². The third-order valence-electron chi connectivity index (χ3n) is 2.47. The Hall–Kier alpha value is -2.02. The lowest BCUT2D eigenvalue weighted by molar-refractivity contribution is -0.134. The van der Waals surface area contributed by atoms with E-state index in [0.29, 0.717) is 32.9 Å². The third-order valence-corrected chi connectivity index (χ3v) is 3.56. The minimum atomic E-state index is -4.35. The fourth-order valence-electron chi connectivity index (χ4n) is 1.60. The molecule has 0 N–H and O–H groups in total. The van der Waals surface area contributed by atoms with Gasteiger partial charge < -0.3 is 0 Å². The van der Waals surface area contributed by atoms with Gasteiger partial charge in [-0.3, -0.25) is 4.98 Å². The number of hydrogen-bond donors (Lipinski definition) is 0. The normalized spacial score (nSPS) is 11.9. The van der Waals surface area contributed by atoms with Crippen LogP contribution in [0.4, 0.5) is 13.2 Å². The number of nitrogens with zero attached hydrogens (tertiary/aromatic N) is 3. The quantitative estimate of drug-likeness (QED) is 0.681. The lowest BCUT2D eigenvalue weighted by Gasteiger charge is -1.99. The van der Waals surface area contributed by atoms with Crippen LogP contribution in [0.15, 0.2) is 36.8 Å². The zero-order valence-corrected chi connectivity index (χ0v) is 10.2. The first kappa shape index (κ1) is 12.0. The molecular formula is C12H6F3N3S. The Morgan fingerprint density at radius 1 is 1.16 bits per heavy atom. The molecule has 0 unspecified atom stereocenters. The molecule has 0 spiro atoms. The molecule has 0 bridgehead atoms. The van der Waals surface area contributed by atoms with Gasteiger partial charge in [-0.15, -0.1) is 11.3 Å². The average Bonchev–Trinajstić information content (AvgIpc) is 2.82. The van der Waals surface area contributed by atoms with Gasteiger partial charge in [0.2, 0.25) is 0 Å². The molecule has 0 radical (unpaired) electrons. The number of rotatable bonds is 1. The minimum Gasteiger partial charge on any atom is -0.264 e. The summed E-state index contributed by atoms with van der Waals surface area (Å²) >= 11 is 0.617. The van der Waals surface area contributed by atoms with Crippen LogP contribution < -0.4 is 0 Å². The Morgan fingerprint density at radius 2 is 2.00 bits per heavy atom. The first-order valence-electron chi connectivity index (χ1n) is 5.28. The van der Waals surface area contributed by atoms with E-state index >= 15 is 0 Å². The van der Waals surface area contributed by atoms with Crippen molar-refractivity contribution in [3.63, 3.8) is 0 Å². The second-order valence-corrected chi connectivity index (χ2v) is 4.83. The molecular weight excluding hydrogens is 275 g/mol. The molecule has 0 aliphatic carbocycles. The van der Waals surface area contributed by atoms with Gasteiger partial charge in [0.1, 0.15) is 9.71 Å². The predicted molar refractivity (Wildman–Crippen MR) is 65.6 cm³/mol. The van der Waals surface area contributed by atoms with E-state index in [2.05, 4.69) is 15.0 Å². The third kappa shape index (κ3) is 2.28. The highest BCUT2D eigenvalue weighted by atomic mass is 32.1. The zero-order valence-electron chi connectivity index (χ0n) is 9.35. The van der Waals surface area contributed by atoms with Gasteiger partial charge in [-0.25, -0.2) is 9.97 Å². The number of fused-ring (bicyclic) bond motifs is 1. The highest BCUT2D eigenvalue weighted by Crippen LogP contribution is 2.37. The van der Waals surface area contributed by atoms with Gasteiger partial charge in [0, 0.05) is 29.5 Å². The molecule has 0 aliphatic heterocycles. The number of pyridine rings is 1. The molecule has 0 saturated carbocycles. The van der Waals surface area contributed by atoms with Crippen molar-refractivity contribution >= 4 is 21.6 Å². The van der Waals surface area contributed by atoms with Crippen LogP contribution >= 0.6 is 11.3 Å². The Kier molecular flexibility index (Phi) is 2.70. The van der Waals surface area contributed by atoms with E-state index in [0.717, 1.165) is 6.07 Å². The van der Waals surface area contributed by atoms with Crippen LogP contribution in [0.5, 0.6) is 0 Å². The second-order valence-electron chi connectivity index (χ2n) is 3.80. The zero-order chi connectivity index (χ0) is 13.5. The van der Waals surface area contributed by atoms with Crippen molar-refractivity contribution in [2.45, 2.75) is 6.18 Å². The minimum absolute atomic E-state index is 0.321. The van der Waals surface area contributed by atoms with E-state index in [1.165, 1.54) is 6.20 Å². The highest BCUT2D eigenvalue weighted by molar-refractivity contribution is 7.18. The largest absolute Gasteiger partial charge is 0.425 e. The van der Waals surface area contributed by atoms with Crippen LogP contribution in [0.25, 0.3) is 21.6 Å². The first-order valence-corrected chi connectivity index (χ1v) is 6.10. The van der Waals surface area contributed by atoms with E-state index in [9.17, 15) is 13.2 Å². The van der Waals surface area contributed by atoms with Crippen molar-refractivity contribution in [2.75, 3.05) is 0 Å². The monoisotopic (exact) mass is 281 g/mol. The molecule has 0 saturated heterocycles. The lowest BCUT2D eigenvalue weighted by Crippen LogP contribution is -2.00. The molecule has 3 aromatic heterocycles. The molecule has 7 heteroatoms. The van der Waals surface area contributed by atoms with Gasteiger partial charge in [-0.2, -0.15) is 13.2 Å². The highest BCUT2D eigenvalue weighted by Gasteiger charge is 2.33. The summed E-state index contributed by atoms with van der Waals surface area (Å²) in [5.41, 5.74) is 0.673. The van der Waals surface area contributed by atoms with Crippen molar-refractivity contribution in [1.29, 1.82) is 0 Å². The fourth-order valence-corrected chi connectivity index (χ4v) is 2.48. The maximum Gasteiger partial charge on any atom is 0.425 e. The van der Waals surface area contributed by atoms with Crippen molar-refractivity contribution < 1.29 is 13.2 Å². The average molecular weight is 281 g/mol. The molecule has 3 rings (SSSR count). The van der Waals surface area contributed by atoms with Crippen molar-refractivity contribution in [2.24, 2.45) is 0 Å². The van der Waals surface area contributed by atoms with E-state index < -0.39 is 11.1 Å². The summed E-state index contributed by atoms with van der Waals surface area (Å²) in [6.45, 7) is 0. The van der Waals surface area contributed by atoms with Crippen LogP contribution in [0.2, 0.25) is 0 Å². The van der Waals surface area contributed by atoms with Gasteiger partial charge in [0.25, 0.3) is 0 Å². The van der Waals surface area contributed by atoms with Crippen LogP contribution in [0.1, 0.15) is 4.88 Å². The summed E-state index contributed by atoms with van der Waals surface area (Å²) in [6, 6.07) is 4.54. The van der Waals surface area contributed by atoms with Crippen molar-refractivity contribution in [3.8, 4) is 11.4 Å². The molecule has 0 fully saturated rings. The van der Waals surface area contributed by atoms with E-state index in [-0.39, 0.29) is 0 Å². The molecule has 19 heavy (non-hydrogen) atoms. The summed E-state index contributed by atoms with van der Waals surface area (Å²) in [6.07, 6.45) is 0.227. The molecule has 0 atom stereocenters. The van der Waals surface area contributed by atoms with Crippen LogP contribution in [0.3, 0.4) is 0 Å². The molecule has 96 valence electrons. The Bertz CT molecular complexity index is 722. The maximum absolute atomic E-state index is 12.6. The number of thiophene rings is 1. The van der Waals surface area contributed by atoms with Gasteiger partial charge in [0.05, 0.1) is 0 Å². The lowest BCUT2D eigenvalue weighted by atomic mass is 10.2. The predicted octanol–water partition coefficient (Wildman–Crippen LogP) is 3.77. The number of alkyl halides is 3. The van der Waals surface area contributed by atoms with Crippen LogP contribution in [-0.4, -0.2) is 15.0 Å². The molecule has 0 aromatic carbocycles. The van der Waals surface area contributed by atoms with E-state index in [1.807, 2.05) is 0 Å². The molecule has 3 aromatic rings. The fraction of sp³-hybridized carbons (Fsp3) is 0.0833. The molecule has 3 nitrogen and oxygen atoms in total. The smallest absolute Gasteiger partial charge is 0.264 e. The molecule has 3 heterocycles. The Balaban J connectivity index is 2.11. The molecule has 0 aliphatic rings. The number of halogens is 3. The number of hydrogen-bond acceptors (Lipinski definition) is 4. The Morgan fingerprint density at radius 3 is 2.68 bits per heavy atom. The van der Waals surface area contributed by atoms with Crippen molar-refractivity contribution in [1.82, 2.24) is 15.0 Å². The summed E-state index contributed by atoms with van der Waals surface area (Å²) < 4.78 is 37.8. The van der Waals surface area contributed by atoms with Crippen LogP contribution in [-0.2, 0) is 6.18 Å². The van der Waals surface area contributed by atoms with Crippen molar-refractivity contribution in [3.05, 3.63) is 41.7 Å². The SMILES string of the molecule is FC(F)(F)c1cc2cnc(-c3cccnc3)nc2s1. The summed E-state index contributed by atoms with van der Waals surface area (Å²) in [7, 11) is 0. The summed E-state index contributed by atoms with van der Waals surface area (Å²) in [4.78, 5) is 11.8. The topological polar surface area (TPSA) is 38.7 Å². The first-order chi connectivity index (χ1) is 9.04. The summed E-state index contributed by atoms with van der Waals surface area (Å²) in [5, 5.41) is 0.393. The molecule has 0 amide bonds. The van der Waals surface area contributed by atoms with Gasteiger partial charge in [0.15, 0.2) is 5.82 Å². The van der Waals surface area contributed by atoms with Crippen LogP contribution in [0, 0.1) is 0 Å². The van der Waals surface area contributed by atoms with Gasteiger partial charge in [-0.05, 0) is 18.2 Å². The van der Waals surface area contributed by atoms with E-state index in [1.54, 1.807) is 24.5 Å².